The van der Waals surface area contributed by atoms with Crippen molar-refractivity contribution in [2.24, 2.45) is 5.92 Å². The molecule has 0 aromatic carbocycles. The van der Waals surface area contributed by atoms with Crippen LogP contribution in [0, 0.1) is 5.92 Å². The molecule has 4 heterocycles. The molecular weight excluding hydrogens is 270 g/mol. The zero-order valence-corrected chi connectivity index (χ0v) is 12.2. The minimum atomic E-state index is 0.0188. The zero-order valence-electron chi connectivity index (χ0n) is 11.4. The Morgan fingerprint density at radius 3 is 2.75 bits per heavy atom. The molecule has 106 valence electrons. The number of piperidine rings is 3. The number of carbonyl (C=O) groups is 1. The molecule has 1 aromatic heterocycles. The summed E-state index contributed by atoms with van der Waals surface area (Å²) < 4.78 is 0. The van der Waals surface area contributed by atoms with Crippen LogP contribution in [0.1, 0.15) is 12.8 Å². The number of rotatable bonds is 4. The van der Waals surface area contributed by atoms with Gasteiger partial charge in [-0.15, -0.1) is 0 Å². The van der Waals surface area contributed by atoms with Crippen molar-refractivity contribution >= 4 is 17.7 Å². The van der Waals surface area contributed by atoms with Gasteiger partial charge in [0.25, 0.3) is 0 Å². The number of hydrogen-bond donors (Lipinski definition) is 1. The fourth-order valence-electron chi connectivity index (χ4n) is 2.95. The first kappa shape index (κ1) is 13.6. The van der Waals surface area contributed by atoms with Gasteiger partial charge in [0.15, 0.2) is 0 Å². The molecule has 1 unspecified atom stereocenters. The molecule has 2 bridgehead atoms. The zero-order chi connectivity index (χ0) is 13.8. The van der Waals surface area contributed by atoms with Gasteiger partial charge >= 0.3 is 0 Å². The summed E-state index contributed by atoms with van der Waals surface area (Å²) in [5.74, 6) is 0.690. The van der Waals surface area contributed by atoms with Gasteiger partial charge in [0, 0.05) is 36.0 Å². The molecule has 1 N–H and O–H groups in total. The van der Waals surface area contributed by atoms with Gasteiger partial charge in [0.2, 0.25) is 5.91 Å². The molecule has 0 aliphatic carbocycles. The van der Waals surface area contributed by atoms with Gasteiger partial charge in [0.05, 0.1) is 0 Å². The highest BCUT2D eigenvalue weighted by molar-refractivity contribution is 8.02. The molecule has 0 radical (unpaired) electrons. The van der Waals surface area contributed by atoms with Gasteiger partial charge in [-0.05, 0) is 49.4 Å². The molecule has 1 amide bonds. The number of aromatic nitrogens is 1. The second kappa shape index (κ2) is 6.41. The van der Waals surface area contributed by atoms with Crippen LogP contribution < -0.4 is 5.32 Å². The van der Waals surface area contributed by atoms with E-state index in [1.165, 1.54) is 37.7 Å². The molecule has 3 fully saturated rings. The molecule has 3 saturated heterocycles. The first-order valence-electron chi connectivity index (χ1n) is 7.07. The predicted octanol–water partition coefficient (Wildman–Crippen LogP) is 1.90. The van der Waals surface area contributed by atoms with Crippen LogP contribution in [-0.4, -0.2) is 41.5 Å². The van der Waals surface area contributed by atoms with Gasteiger partial charge in [0.1, 0.15) is 0 Å². The van der Waals surface area contributed by atoms with Crippen LogP contribution in [0.5, 0.6) is 0 Å². The van der Waals surface area contributed by atoms with Crippen LogP contribution in [0.25, 0.3) is 0 Å². The van der Waals surface area contributed by atoms with Crippen molar-refractivity contribution in [2.45, 2.75) is 23.8 Å². The lowest BCUT2D eigenvalue weighted by Gasteiger charge is -2.44. The van der Waals surface area contributed by atoms with E-state index in [1.807, 2.05) is 17.5 Å². The van der Waals surface area contributed by atoms with Gasteiger partial charge in [-0.2, -0.15) is 0 Å². The molecule has 4 rings (SSSR count). The van der Waals surface area contributed by atoms with E-state index in [0.717, 1.165) is 11.4 Å². The minimum absolute atomic E-state index is 0.0188. The highest BCUT2D eigenvalue weighted by Gasteiger charge is 2.34. The second-order valence-electron chi connectivity index (χ2n) is 5.36. The third-order valence-electron chi connectivity index (χ3n) is 4.06. The molecule has 0 spiro atoms. The Hall–Kier alpha value is -1.33. The Bertz CT molecular complexity index is 483. The number of thioether (sulfide) groups is 1. The summed E-state index contributed by atoms with van der Waals surface area (Å²) in [5, 5.41) is 4.98. The quantitative estimate of drug-likeness (QED) is 0.679. The number of nitrogens with zero attached hydrogens (tertiary/aromatic N) is 2. The SMILES string of the molecule is O=C(C=CSc1ccncc1)NC1CN2CCC1CC2. The molecule has 4 nitrogen and oxygen atoms in total. The molecule has 0 saturated carbocycles. The second-order valence-corrected chi connectivity index (χ2v) is 6.34. The smallest absolute Gasteiger partial charge is 0.244 e. The number of carbonyl (C=O) groups excluding carboxylic acids is 1. The third kappa shape index (κ3) is 3.41. The first-order valence-corrected chi connectivity index (χ1v) is 7.95. The van der Waals surface area contributed by atoms with Crippen molar-refractivity contribution < 1.29 is 4.79 Å². The van der Waals surface area contributed by atoms with Crippen molar-refractivity contribution in [1.29, 1.82) is 0 Å². The average Bonchev–Trinajstić information content (AvgIpc) is 2.49. The molecule has 3 aliphatic heterocycles. The van der Waals surface area contributed by atoms with Gasteiger partial charge in [-0.3, -0.25) is 9.78 Å². The number of hydrogen-bond acceptors (Lipinski definition) is 4. The normalized spacial score (nSPS) is 28.7. The van der Waals surface area contributed by atoms with E-state index in [9.17, 15) is 4.79 Å². The van der Waals surface area contributed by atoms with Crippen molar-refractivity contribution in [3.8, 4) is 0 Å². The molecule has 1 atom stereocenters. The maximum Gasteiger partial charge on any atom is 0.244 e. The summed E-state index contributed by atoms with van der Waals surface area (Å²) in [4.78, 5) is 19.4. The highest BCUT2D eigenvalue weighted by atomic mass is 32.2. The van der Waals surface area contributed by atoms with Gasteiger partial charge < -0.3 is 10.2 Å². The first-order chi connectivity index (χ1) is 9.81. The predicted molar refractivity (Wildman–Crippen MR) is 80.3 cm³/mol. The molecule has 20 heavy (non-hydrogen) atoms. The van der Waals surface area contributed by atoms with E-state index in [4.69, 9.17) is 0 Å². The monoisotopic (exact) mass is 289 g/mol. The van der Waals surface area contributed by atoms with Crippen LogP contribution >= 0.6 is 11.8 Å². The van der Waals surface area contributed by atoms with E-state index in [1.54, 1.807) is 18.5 Å². The highest BCUT2D eigenvalue weighted by Crippen LogP contribution is 2.27. The number of amides is 1. The van der Waals surface area contributed by atoms with Crippen molar-refractivity contribution in [2.75, 3.05) is 19.6 Å². The summed E-state index contributed by atoms with van der Waals surface area (Å²) in [7, 11) is 0. The Morgan fingerprint density at radius 1 is 1.35 bits per heavy atom. The van der Waals surface area contributed by atoms with Crippen LogP contribution in [0.3, 0.4) is 0 Å². The Morgan fingerprint density at radius 2 is 2.10 bits per heavy atom. The minimum Gasteiger partial charge on any atom is -0.348 e. The summed E-state index contributed by atoms with van der Waals surface area (Å²) >= 11 is 1.53. The lowest BCUT2D eigenvalue weighted by Crippen LogP contribution is -2.57. The largest absolute Gasteiger partial charge is 0.348 e. The van der Waals surface area contributed by atoms with Crippen LogP contribution in [0.15, 0.2) is 40.9 Å². The lowest BCUT2D eigenvalue weighted by molar-refractivity contribution is -0.118. The summed E-state index contributed by atoms with van der Waals surface area (Å²) in [6.07, 6.45) is 7.58. The topological polar surface area (TPSA) is 45.2 Å². The number of nitrogens with one attached hydrogen (secondary N) is 1. The standard InChI is InChI=1S/C15H19N3OS/c19-15(5-10-20-13-1-6-16-7-2-13)17-14-11-18-8-3-12(14)4-9-18/h1-2,5-7,10,12,14H,3-4,8-9,11H2,(H,17,19). The molecule has 1 aromatic rings. The third-order valence-corrected chi connectivity index (χ3v) is 4.87. The van der Waals surface area contributed by atoms with E-state index in [0.29, 0.717) is 12.0 Å². The molecule has 5 heteroatoms. The van der Waals surface area contributed by atoms with Gasteiger partial charge in [-0.1, -0.05) is 11.8 Å². The van der Waals surface area contributed by atoms with Crippen LogP contribution in [0.4, 0.5) is 0 Å². The lowest BCUT2D eigenvalue weighted by atomic mass is 9.84. The van der Waals surface area contributed by atoms with Gasteiger partial charge in [-0.25, -0.2) is 0 Å². The van der Waals surface area contributed by atoms with Crippen molar-refractivity contribution in [3.63, 3.8) is 0 Å². The maximum atomic E-state index is 11.9. The Labute approximate surface area is 123 Å². The summed E-state index contributed by atoms with van der Waals surface area (Å²) in [6, 6.07) is 4.20. The Balaban J connectivity index is 1.47. The maximum absolute atomic E-state index is 11.9. The summed E-state index contributed by atoms with van der Waals surface area (Å²) in [6.45, 7) is 3.41. The van der Waals surface area contributed by atoms with E-state index >= 15 is 0 Å². The number of fused-ring (bicyclic) bond motifs is 3. The average molecular weight is 289 g/mol. The molecular formula is C15H19N3OS. The Kier molecular flexibility index (Phi) is 4.38. The fraction of sp³-hybridized carbons (Fsp3) is 0.467. The van der Waals surface area contributed by atoms with Crippen molar-refractivity contribution in [3.05, 3.63) is 36.0 Å². The van der Waals surface area contributed by atoms with E-state index in [2.05, 4.69) is 15.2 Å². The fourth-order valence-corrected chi connectivity index (χ4v) is 3.58. The molecule has 3 aliphatic rings. The van der Waals surface area contributed by atoms with E-state index < -0.39 is 0 Å². The van der Waals surface area contributed by atoms with Crippen LogP contribution in [0.2, 0.25) is 0 Å². The van der Waals surface area contributed by atoms with Crippen molar-refractivity contribution in [1.82, 2.24) is 15.2 Å². The van der Waals surface area contributed by atoms with Crippen LogP contribution in [-0.2, 0) is 4.79 Å². The summed E-state index contributed by atoms with van der Waals surface area (Å²) in [5.41, 5.74) is 0. The van der Waals surface area contributed by atoms with E-state index in [-0.39, 0.29) is 5.91 Å². The number of pyridine rings is 1.